The molecule has 7 nitrogen and oxygen atoms in total. The summed E-state index contributed by atoms with van der Waals surface area (Å²) in [7, 11) is 0. The minimum absolute atomic E-state index is 0.225. The van der Waals surface area contributed by atoms with Crippen LogP contribution in [0, 0.1) is 0 Å². The summed E-state index contributed by atoms with van der Waals surface area (Å²) in [6.45, 7) is 2.20. The number of aromatic nitrogens is 5. The van der Waals surface area contributed by atoms with Gasteiger partial charge in [-0.05, 0) is 40.5 Å². The molecule has 0 saturated heterocycles. The Morgan fingerprint density at radius 2 is 2.16 bits per heavy atom. The number of halogens is 3. The Morgan fingerprint density at radius 1 is 1.36 bits per heavy atom. The van der Waals surface area contributed by atoms with Crippen molar-refractivity contribution in [3.8, 4) is 0 Å². The molecule has 0 radical (unpaired) electrons. The zero-order valence-corrected chi connectivity index (χ0v) is 16.1. The number of hydrogen-bond donors (Lipinski definition) is 1. The smallest absolute Gasteiger partial charge is 0.251 e. The number of nitrogens with one attached hydrogen (secondary N) is 1. The molecule has 0 fully saturated rings. The highest BCUT2D eigenvalue weighted by molar-refractivity contribution is 9.10. The first-order valence-corrected chi connectivity index (χ1v) is 8.81. The van der Waals surface area contributed by atoms with Gasteiger partial charge in [-0.2, -0.15) is 5.10 Å². The molecule has 0 aliphatic rings. The van der Waals surface area contributed by atoms with Crippen LogP contribution >= 0.6 is 39.1 Å². The van der Waals surface area contributed by atoms with Gasteiger partial charge in [-0.15, -0.1) is 5.10 Å². The van der Waals surface area contributed by atoms with Crippen molar-refractivity contribution in [1.29, 1.82) is 0 Å². The van der Waals surface area contributed by atoms with Crippen LogP contribution in [0.1, 0.15) is 18.5 Å². The molecule has 2 heterocycles. The van der Waals surface area contributed by atoms with Gasteiger partial charge in [0, 0.05) is 6.20 Å². The number of carbonyl (C=O) groups is 1. The number of amides is 1. The molecule has 1 N–H and O–H groups in total. The largest absolute Gasteiger partial charge is 0.291 e. The van der Waals surface area contributed by atoms with Crippen molar-refractivity contribution < 1.29 is 4.79 Å². The fourth-order valence-electron chi connectivity index (χ4n) is 2.11. The van der Waals surface area contributed by atoms with Gasteiger partial charge >= 0.3 is 0 Å². The standard InChI is InChI=1S/C15H13BrCl2N6O/c1-9(24-7-11(16)5-20-24)14(25)21-15-19-8-23(22-15)6-10-2-3-12(17)13(18)4-10/h2-5,7-9H,6H2,1H3,(H,21,22,25). The topological polar surface area (TPSA) is 77.6 Å². The molecule has 3 rings (SSSR count). The SMILES string of the molecule is CC(C(=O)Nc1ncn(Cc2ccc(Cl)c(Cl)c2)n1)n1cc(Br)cn1. The molecule has 0 aliphatic heterocycles. The van der Waals surface area contributed by atoms with E-state index in [1.165, 1.54) is 6.33 Å². The Balaban J connectivity index is 1.64. The maximum atomic E-state index is 12.3. The molecule has 1 atom stereocenters. The highest BCUT2D eigenvalue weighted by Crippen LogP contribution is 2.23. The molecule has 0 saturated carbocycles. The molecule has 130 valence electrons. The van der Waals surface area contributed by atoms with Crippen molar-refractivity contribution >= 4 is 51.0 Å². The van der Waals surface area contributed by atoms with Crippen molar-refractivity contribution in [2.45, 2.75) is 19.5 Å². The highest BCUT2D eigenvalue weighted by Gasteiger charge is 2.17. The fraction of sp³-hybridized carbons (Fsp3) is 0.200. The van der Waals surface area contributed by atoms with Crippen LogP contribution in [0.2, 0.25) is 10.0 Å². The average Bonchev–Trinajstić information content (AvgIpc) is 3.19. The molecule has 2 aromatic heterocycles. The van der Waals surface area contributed by atoms with Crippen molar-refractivity contribution in [2.24, 2.45) is 0 Å². The van der Waals surface area contributed by atoms with E-state index in [0.717, 1.165) is 10.0 Å². The van der Waals surface area contributed by atoms with E-state index in [1.807, 2.05) is 6.07 Å². The molecule has 25 heavy (non-hydrogen) atoms. The Morgan fingerprint density at radius 3 is 2.84 bits per heavy atom. The predicted molar refractivity (Wildman–Crippen MR) is 98.9 cm³/mol. The van der Waals surface area contributed by atoms with Crippen LogP contribution in [-0.4, -0.2) is 30.5 Å². The Labute approximate surface area is 162 Å². The van der Waals surface area contributed by atoms with E-state index in [-0.39, 0.29) is 11.9 Å². The fourth-order valence-corrected chi connectivity index (χ4v) is 2.74. The van der Waals surface area contributed by atoms with E-state index in [2.05, 4.69) is 36.4 Å². The number of nitrogens with zero attached hydrogens (tertiary/aromatic N) is 5. The summed E-state index contributed by atoms with van der Waals surface area (Å²) in [5.41, 5.74) is 0.923. The van der Waals surface area contributed by atoms with Gasteiger partial charge in [-0.25, -0.2) is 9.67 Å². The molecule has 1 unspecified atom stereocenters. The Hall–Kier alpha value is -1.90. The molecule has 1 aromatic carbocycles. The van der Waals surface area contributed by atoms with Crippen LogP contribution in [0.3, 0.4) is 0 Å². The lowest BCUT2D eigenvalue weighted by molar-refractivity contribution is -0.119. The summed E-state index contributed by atoms with van der Waals surface area (Å²) < 4.78 is 3.95. The molecular formula is C15H13BrCl2N6O. The quantitative estimate of drug-likeness (QED) is 0.650. The first-order valence-electron chi connectivity index (χ1n) is 7.26. The first-order chi connectivity index (χ1) is 11.9. The number of rotatable bonds is 5. The Bertz CT molecular complexity index is 909. The minimum atomic E-state index is -0.492. The summed E-state index contributed by atoms with van der Waals surface area (Å²) in [5.74, 6) is -0.0361. The maximum absolute atomic E-state index is 12.3. The minimum Gasteiger partial charge on any atom is -0.291 e. The van der Waals surface area contributed by atoms with Crippen LogP contribution in [-0.2, 0) is 11.3 Å². The lowest BCUT2D eigenvalue weighted by Gasteiger charge is -2.10. The summed E-state index contributed by atoms with van der Waals surface area (Å²) in [5, 5.41) is 12.0. The van der Waals surface area contributed by atoms with Crippen LogP contribution in [0.25, 0.3) is 0 Å². The van der Waals surface area contributed by atoms with Gasteiger partial charge in [0.25, 0.3) is 5.91 Å². The third-order valence-electron chi connectivity index (χ3n) is 3.45. The van der Waals surface area contributed by atoms with E-state index in [4.69, 9.17) is 23.2 Å². The Kier molecular flexibility index (Phi) is 5.41. The average molecular weight is 444 g/mol. The second-order valence-corrected chi connectivity index (χ2v) is 7.05. The van der Waals surface area contributed by atoms with Gasteiger partial charge in [0.05, 0.1) is 27.3 Å². The van der Waals surface area contributed by atoms with Gasteiger partial charge in [0.1, 0.15) is 12.4 Å². The second-order valence-electron chi connectivity index (χ2n) is 5.32. The van der Waals surface area contributed by atoms with Crippen LogP contribution < -0.4 is 5.32 Å². The molecule has 10 heteroatoms. The molecule has 0 bridgehead atoms. The molecule has 1 amide bonds. The number of benzene rings is 1. The van der Waals surface area contributed by atoms with Crippen molar-refractivity contribution in [1.82, 2.24) is 24.5 Å². The maximum Gasteiger partial charge on any atom is 0.251 e. The first kappa shape index (κ1) is 17.9. The van der Waals surface area contributed by atoms with E-state index in [9.17, 15) is 4.79 Å². The van der Waals surface area contributed by atoms with E-state index in [0.29, 0.717) is 16.6 Å². The lowest BCUT2D eigenvalue weighted by atomic mass is 10.2. The monoisotopic (exact) mass is 442 g/mol. The van der Waals surface area contributed by atoms with E-state index < -0.39 is 6.04 Å². The summed E-state index contributed by atoms with van der Waals surface area (Å²) in [4.78, 5) is 16.4. The summed E-state index contributed by atoms with van der Waals surface area (Å²) in [6, 6.07) is 4.85. The molecule has 0 spiro atoms. The van der Waals surface area contributed by atoms with E-state index in [1.54, 1.807) is 40.8 Å². The normalized spacial score (nSPS) is 12.2. The molecule has 3 aromatic rings. The van der Waals surface area contributed by atoms with Crippen LogP contribution in [0.15, 0.2) is 41.4 Å². The second kappa shape index (κ2) is 7.55. The zero-order valence-electron chi connectivity index (χ0n) is 13.0. The van der Waals surface area contributed by atoms with Gasteiger partial charge in [0.15, 0.2) is 0 Å². The summed E-state index contributed by atoms with van der Waals surface area (Å²) in [6.07, 6.45) is 4.88. The highest BCUT2D eigenvalue weighted by atomic mass is 79.9. The zero-order chi connectivity index (χ0) is 18.0. The van der Waals surface area contributed by atoms with Crippen molar-refractivity contribution in [3.05, 3.63) is 57.0 Å². The third kappa shape index (κ3) is 4.39. The molecular weight excluding hydrogens is 431 g/mol. The lowest BCUT2D eigenvalue weighted by Crippen LogP contribution is -2.24. The van der Waals surface area contributed by atoms with Gasteiger partial charge in [-0.3, -0.25) is 14.8 Å². The molecule has 0 aliphatic carbocycles. The van der Waals surface area contributed by atoms with Gasteiger partial charge in [-0.1, -0.05) is 29.3 Å². The van der Waals surface area contributed by atoms with Crippen LogP contribution in [0.4, 0.5) is 5.95 Å². The van der Waals surface area contributed by atoms with Gasteiger partial charge < -0.3 is 0 Å². The van der Waals surface area contributed by atoms with Gasteiger partial charge in [0.2, 0.25) is 5.95 Å². The number of hydrogen-bond acceptors (Lipinski definition) is 4. The van der Waals surface area contributed by atoms with Crippen LogP contribution in [0.5, 0.6) is 0 Å². The predicted octanol–water partition coefficient (Wildman–Crippen LogP) is 3.79. The van der Waals surface area contributed by atoms with Crippen molar-refractivity contribution in [3.63, 3.8) is 0 Å². The number of carbonyl (C=O) groups excluding carboxylic acids is 1. The summed E-state index contributed by atoms with van der Waals surface area (Å²) >= 11 is 15.2. The third-order valence-corrected chi connectivity index (χ3v) is 4.59. The number of anilines is 1. The van der Waals surface area contributed by atoms with Crippen molar-refractivity contribution in [2.75, 3.05) is 5.32 Å². The van der Waals surface area contributed by atoms with E-state index >= 15 is 0 Å².